The summed E-state index contributed by atoms with van der Waals surface area (Å²) in [5.74, 6) is -0.780. The van der Waals surface area contributed by atoms with Gasteiger partial charge in [0, 0.05) is 5.69 Å². The lowest BCUT2D eigenvalue weighted by Crippen LogP contribution is -2.35. The monoisotopic (exact) mass is 294 g/mol. The molecule has 2 amide bonds. The molecule has 0 saturated heterocycles. The minimum atomic E-state index is -0.543. The molecule has 0 fully saturated rings. The van der Waals surface area contributed by atoms with E-state index in [1.165, 1.54) is 5.56 Å². The molecular weight excluding hydrogens is 268 g/mol. The van der Waals surface area contributed by atoms with E-state index in [0.29, 0.717) is 0 Å². The number of aryl methyl sites for hydroxylation is 1. The van der Waals surface area contributed by atoms with Gasteiger partial charge in [0.15, 0.2) is 0 Å². The summed E-state index contributed by atoms with van der Waals surface area (Å²) in [6.07, 6.45) is 4.79. The number of nitrogens with two attached hydrogens (primary N) is 1. The van der Waals surface area contributed by atoms with Crippen LogP contribution in [-0.4, -0.2) is 28.1 Å². The van der Waals surface area contributed by atoms with E-state index in [1.807, 2.05) is 0 Å². The molecule has 0 bridgehead atoms. The van der Waals surface area contributed by atoms with Crippen molar-refractivity contribution in [3.05, 3.63) is 17.0 Å². The predicted molar refractivity (Wildman–Crippen MR) is 81.8 cm³/mol. The van der Waals surface area contributed by atoms with Crippen LogP contribution in [-0.2, 0) is 35.4 Å². The number of hydrogen-bond donors (Lipinski definition) is 2. The Hall–Kier alpha value is -1.85. The SMILES string of the molecule is CCCc1nn(CC(=O)NCC(N)=O)c(CCC)c1CC. The van der Waals surface area contributed by atoms with E-state index in [0.717, 1.165) is 43.5 Å². The smallest absolute Gasteiger partial charge is 0.242 e. The molecule has 0 aliphatic heterocycles. The summed E-state index contributed by atoms with van der Waals surface area (Å²) in [5, 5.41) is 7.10. The lowest BCUT2D eigenvalue weighted by Gasteiger charge is -2.08. The molecule has 21 heavy (non-hydrogen) atoms. The molecule has 3 N–H and O–H groups in total. The normalized spacial score (nSPS) is 10.6. The number of hydrogen-bond acceptors (Lipinski definition) is 3. The molecule has 0 saturated carbocycles. The number of amides is 2. The van der Waals surface area contributed by atoms with Crippen LogP contribution in [0.2, 0.25) is 0 Å². The first-order valence-corrected chi connectivity index (χ1v) is 7.65. The summed E-state index contributed by atoms with van der Waals surface area (Å²) in [7, 11) is 0. The molecule has 118 valence electrons. The second-order valence-corrected chi connectivity index (χ2v) is 5.13. The Labute approximate surface area is 126 Å². The van der Waals surface area contributed by atoms with Crippen LogP contribution in [0.4, 0.5) is 0 Å². The van der Waals surface area contributed by atoms with Crippen molar-refractivity contribution in [2.75, 3.05) is 6.54 Å². The molecule has 6 nitrogen and oxygen atoms in total. The minimum Gasteiger partial charge on any atom is -0.368 e. The quantitative estimate of drug-likeness (QED) is 0.710. The number of primary amides is 1. The summed E-state index contributed by atoms with van der Waals surface area (Å²) in [5.41, 5.74) is 8.52. The van der Waals surface area contributed by atoms with E-state index in [2.05, 4.69) is 31.2 Å². The van der Waals surface area contributed by atoms with Crippen LogP contribution in [0.5, 0.6) is 0 Å². The summed E-state index contributed by atoms with van der Waals surface area (Å²) >= 11 is 0. The maximum absolute atomic E-state index is 11.9. The maximum Gasteiger partial charge on any atom is 0.242 e. The zero-order valence-corrected chi connectivity index (χ0v) is 13.2. The highest BCUT2D eigenvalue weighted by atomic mass is 16.2. The highest BCUT2D eigenvalue weighted by molar-refractivity contribution is 5.83. The Morgan fingerprint density at radius 2 is 1.86 bits per heavy atom. The predicted octanol–water partition coefficient (Wildman–Crippen LogP) is 0.952. The third kappa shape index (κ3) is 4.88. The second-order valence-electron chi connectivity index (χ2n) is 5.13. The summed E-state index contributed by atoms with van der Waals surface area (Å²) in [6, 6.07) is 0. The second kappa shape index (κ2) is 8.44. The first-order valence-electron chi connectivity index (χ1n) is 7.65. The van der Waals surface area contributed by atoms with Gasteiger partial charge in [-0.1, -0.05) is 33.6 Å². The van der Waals surface area contributed by atoms with Gasteiger partial charge in [0.05, 0.1) is 12.2 Å². The summed E-state index contributed by atoms with van der Waals surface area (Å²) < 4.78 is 1.78. The van der Waals surface area contributed by atoms with Crippen molar-refractivity contribution < 1.29 is 9.59 Å². The Morgan fingerprint density at radius 3 is 2.38 bits per heavy atom. The van der Waals surface area contributed by atoms with Crippen LogP contribution < -0.4 is 11.1 Å². The molecular formula is C15H26N4O2. The van der Waals surface area contributed by atoms with Crippen LogP contribution >= 0.6 is 0 Å². The third-order valence-corrected chi connectivity index (χ3v) is 3.33. The van der Waals surface area contributed by atoms with Gasteiger partial charge in [-0.3, -0.25) is 14.3 Å². The van der Waals surface area contributed by atoms with Gasteiger partial charge in [0.25, 0.3) is 0 Å². The van der Waals surface area contributed by atoms with Gasteiger partial charge in [-0.2, -0.15) is 5.10 Å². The van der Waals surface area contributed by atoms with Gasteiger partial charge >= 0.3 is 0 Å². The molecule has 1 heterocycles. The highest BCUT2D eigenvalue weighted by Gasteiger charge is 2.17. The average Bonchev–Trinajstić information content (AvgIpc) is 2.74. The first-order chi connectivity index (χ1) is 10.0. The number of nitrogens with one attached hydrogen (secondary N) is 1. The number of nitrogens with zero attached hydrogens (tertiary/aromatic N) is 2. The van der Waals surface area contributed by atoms with Crippen LogP contribution in [0.1, 0.15) is 50.6 Å². The number of rotatable bonds is 9. The van der Waals surface area contributed by atoms with Crippen LogP contribution in [0.3, 0.4) is 0 Å². The molecule has 0 aromatic carbocycles. The topological polar surface area (TPSA) is 90.0 Å². The molecule has 1 aromatic heterocycles. The van der Waals surface area contributed by atoms with E-state index in [-0.39, 0.29) is 19.0 Å². The van der Waals surface area contributed by atoms with Gasteiger partial charge in [-0.15, -0.1) is 0 Å². The Balaban J connectivity index is 2.93. The molecule has 6 heteroatoms. The van der Waals surface area contributed by atoms with Crippen LogP contribution in [0.15, 0.2) is 0 Å². The Morgan fingerprint density at radius 1 is 1.19 bits per heavy atom. The van der Waals surface area contributed by atoms with Crippen molar-refractivity contribution in [3.8, 4) is 0 Å². The zero-order valence-electron chi connectivity index (χ0n) is 13.2. The molecule has 1 aromatic rings. The van der Waals surface area contributed by atoms with Gasteiger partial charge in [-0.25, -0.2) is 0 Å². The number of carbonyl (C=O) groups excluding carboxylic acids is 2. The molecule has 0 unspecified atom stereocenters. The van der Waals surface area contributed by atoms with E-state index < -0.39 is 5.91 Å². The van der Waals surface area contributed by atoms with Gasteiger partial charge in [0.1, 0.15) is 6.54 Å². The zero-order chi connectivity index (χ0) is 15.8. The largest absolute Gasteiger partial charge is 0.368 e. The van der Waals surface area contributed by atoms with Gasteiger partial charge in [0.2, 0.25) is 11.8 Å². The fourth-order valence-electron chi connectivity index (χ4n) is 2.46. The summed E-state index contributed by atoms with van der Waals surface area (Å²) in [4.78, 5) is 22.6. The first kappa shape index (κ1) is 17.2. The van der Waals surface area contributed by atoms with E-state index in [4.69, 9.17) is 5.73 Å². The fraction of sp³-hybridized carbons (Fsp3) is 0.667. The number of aromatic nitrogens is 2. The van der Waals surface area contributed by atoms with Crippen molar-refractivity contribution in [1.29, 1.82) is 0 Å². The molecule has 0 atom stereocenters. The van der Waals surface area contributed by atoms with Crippen molar-refractivity contribution >= 4 is 11.8 Å². The lowest BCUT2D eigenvalue weighted by atomic mass is 10.0. The average molecular weight is 294 g/mol. The molecule has 0 aliphatic rings. The van der Waals surface area contributed by atoms with E-state index in [1.54, 1.807) is 4.68 Å². The third-order valence-electron chi connectivity index (χ3n) is 3.33. The van der Waals surface area contributed by atoms with E-state index >= 15 is 0 Å². The van der Waals surface area contributed by atoms with Gasteiger partial charge < -0.3 is 11.1 Å². The maximum atomic E-state index is 11.9. The van der Waals surface area contributed by atoms with E-state index in [9.17, 15) is 9.59 Å². The fourth-order valence-corrected chi connectivity index (χ4v) is 2.46. The molecule has 0 spiro atoms. The van der Waals surface area contributed by atoms with Crippen LogP contribution in [0.25, 0.3) is 0 Å². The summed E-state index contributed by atoms with van der Waals surface area (Å²) in [6.45, 7) is 6.36. The lowest BCUT2D eigenvalue weighted by molar-refractivity contribution is -0.125. The van der Waals surface area contributed by atoms with Crippen molar-refractivity contribution in [1.82, 2.24) is 15.1 Å². The Kier molecular flexibility index (Phi) is 6.91. The van der Waals surface area contributed by atoms with Crippen molar-refractivity contribution in [2.45, 2.75) is 59.4 Å². The van der Waals surface area contributed by atoms with Gasteiger partial charge in [-0.05, 0) is 24.8 Å². The standard InChI is InChI=1S/C15H26N4O2/c1-4-7-12-11(6-3)13(8-5-2)19(18-12)10-15(21)17-9-14(16)20/h4-10H2,1-3H3,(H2,16,20)(H,17,21). The minimum absolute atomic E-state index is 0.133. The molecule has 0 aliphatic carbocycles. The highest BCUT2D eigenvalue weighted by Crippen LogP contribution is 2.18. The number of carbonyl (C=O) groups is 2. The molecule has 1 rings (SSSR count). The van der Waals surface area contributed by atoms with Crippen LogP contribution in [0, 0.1) is 0 Å². The van der Waals surface area contributed by atoms with Crippen molar-refractivity contribution in [3.63, 3.8) is 0 Å². The van der Waals surface area contributed by atoms with Crippen molar-refractivity contribution in [2.24, 2.45) is 5.73 Å². The Bertz CT molecular complexity index is 494. The molecule has 0 radical (unpaired) electrons.